The fourth-order valence-electron chi connectivity index (χ4n) is 4.26. The summed E-state index contributed by atoms with van der Waals surface area (Å²) in [6.07, 6.45) is 5.03. The molecule has 0 aromatic heterocycles. The van der Waals surface area contributed by atoms with Gasteiger partial charge in [0, 0.05) is 18.4 Å². The van der Waals surface area contributed by atoms with Gasteiger partial charge in [-0.25, -0.2) is 4.79 Å². The fraction of sp³-hybridized carbons (Fsp3) is 0.423. The third-order valence-corrected chi connectivity index (χ3v) is 6.74. The second kappa shape index (κ2) is 11.9. The lowest BCUT2D eigenvalue weighted by molar-refractivity contribution is -0.145. The summed E-state index contributed by atoms with van der Waals surface area (Å²) in [7, 11) is 1.33. The van der Waals surface area contributed by atoms with Gasteiger partial charge in [-0.3, -0.25) is 9.59 Å². The molecule has 1 aliphatic rings. The molecule has 0 unspecified atom stereocenters. The minimum Gasteiger partial charge on any atom is -0.467 e. The van der Waals surface area contributed by atoms with Crippen molar-refractivity contribution < 1.29 is 19.1 Å². The first kappa shape index (κ1) is 24.8. The highest BCUT2D eigenvalue weighted by Crippen LogP contribution is 2.30. The highest BCUT2D eigenvalue weighted by Gasteiger charge is 2.38. The number of carbonyl (C=O) groups excluding carboxylic acids is 3. The van der Waals surface area contributed by atoms with Crippen molar-refractivity contribution in [1.82, 2.24) is 10.6 Å². The smallest absolute Gasteiger partial charge is 0.328 e. The number of esters is 1. The minimum atomic E-state index is -0.644. The van der Waals surface area contributed by atoms with Gasteiger partial charge in [0.15, 0.2) is 0 Å². The second-order valence-electron chi connectivity index (χ2n) is 8.49. The Morgan fingerprint density at radius 1 is 1.12 bits per heavy atom. The number of carbonyl (C=O) groups is 3. The number of rotatable bonds is 11. The summed E-state index contributed by atoms with van der Waals surface area (Å²) >= 11 is 1.61. The van der Waals surface area contributed by atoms with Gasteiger partial charge in [0.05, 0.1) is 7.11 Å². The van der Waals surface area contributed by atoms with Crippen molar-refractivity contribution in [3.8, 4) is 11.1 Å². The van der Waals surface area contributed by atoms with E-state index in [-0.39, 0.29) is 18.2 Å². The van der Waals surface area contributed by atoms with Gasteiger partial charge in [-0.2, -0.15) is 11.8 Å². The van der Waals surface area contributed by atoms with Gasteiger partial charge in [-0.1, -0.05) is 54.6 Å². The molecule has 0 aliphatic carbocycles. The number of methoxy groups -OCH3 is 1. The molecule has 6 nitrogen and oxygen atoms in total. The highest BCUT2D eigenvalue weighted by molar-refractivity contribution is 7.98. The Labute approximate surface area is 199 Å². The molecule has 33 heavy (non-hydrogen) atoms. The van der Waals surface area contributed by atoms with Crippen LogP contribution < -0.4 is 10.6 Å². The van der Waals surface area contributed by atoms with Gasteiger partial charge in [-0.05, 0) is 54.4 Å². The zero-order chi connectivity index (χ0) is 23.7. The Balaban J connectivity index is 1.63. The summed E-state index contributed by atoms with van der Waals surface area (Å²) in [4.78, 5) is 36.7. The average molecular weight is 469 g/mol. The molecule has 0 saturated carbocycles. The summed E-state index contributed by atoms with van der Waals surface area (Å²) in [5, 5.41) is 5.93. The van der Waals surface area contributed by atoms with Gasteiger partial charge in [0.2, 0.25) is 11.8 Å². The zero-order valence-corrected chi connectivity index (χ0v) is 20.1. The molecular weight excluding hydrogens is 436 g/mol. The van der Waals surface area contributed by atoms with E-state index in [1.807, 2.05) is 24.5 Å². The predicted octanol–water partition coefficient (Wildman–Crippen LogP) is 3.74. The van der Waals surface area contributed by atoms with Crippen molar-refractivity contribution in [2.24, 2.45) is 0 Å². The van der Waals surface area contributed by atoms with Gasteiger partial charge >= 0.3 is 5.97 Å². The van der Waals surface area contributed by atoms with Gasteiger partial charge in [-0.15, -0.1) is 0 Å². The van der Waals surface area contributed by atoms with Crippen molar-refractivity contribution in [2.75, 3.05) is 19.1 Å². The molecule has 2 aromatic carbocycles. The van der Waals surface area contributed by atoms with Crippen LogP contribution in [0.25, 0.3) is 11.1 Å². The average Bonchev–Trinajstić information content (AvgIpc) is 3.21. The molecule has 2 atom stereocenters. The van der Waals surface area contributed by atoms with Crippen molar-refractivity contribution >= 4 is 29.5 Å². The van der Waals surface area contributed by atoms with E-state index < -0.39 is 17.6 Å². The molecule has 1 heterocycles. The summed E-state index contributed by atoms with van der Waals surface area (Å²) in [5.41, 5.74) is 2.96. The summed E-state index contributed by atoms with van der Waals surface area (Å²) < 4.78 is 4.82. The molecule has 1 saturated heterocycles. The van der Waals surface area contributed by atoms with Gasteiger partial charge in [0.25, 0.3) is 0 Å². The number of hydrogen-bond acceptors (Lipinski definition) is 5. The first-order valence-electron chi connectivity index (χ1n) is 11.3. The molecule has 1 aliphatic heterocycles. The first-order valence-corrected chi connectivity index (χ1v) is 12.7. The van der Waals surface area contributed by atoms with Crippen LogP contribution in [0.5, 0.6) is 0 Å². The number of amides is 2. The van der Waals surface area contributed by atoms with Crippen LogP contribution in [0, 0.1) is 0 Å². The Bertz CT molecular complexity index is 949. The number of nitrogens with one attached hydrogen (secondary N) is 2. The summed E-state index contributed by atoms with van der Waals surface area (Å²) in [6.45, 7) is 0. The predicted molar refractivity (Wildman–Crippen MR) is 132 cm³/mol. The lowest BCUT2D eigenvalue weighted by atomic mass is 9.84. The molecule has 2 N–H and O–H groups in total. The van der Waals surface area contributed by atoms with E-state index in [0.29, 0.717) is 32.1 Å². The largest absolute Gasteiger partial charge is 0.467 e. The normalized spacial score (nSPS) is 18.4. The van der Waals surface area contributed by atoms with Gasteiger partial charge in [0.1, 0.15) is 6.04 Å². The molecule has 2 amide bonds. The molecule has 0 spiro atoms. The summed E-state index contributed by atoms with van der Waals surface area (Å²) in [6, 6.07) is 17.9. The minimum absolute atomic E-state index is 0.0173. The quantitative estimate of drug-likeness (QED) is 0.491. The highest BCUT2D eigenvalue weighted by atomic mass is 32.2. The first-order chi connectivity index (χ1) is 15.9. The van der Waals surface area contributed by atoms with E-state index in [9.17, 15) is 14.4 Å². The number of hydrogen-bond donors (Lipinski definition) is 2. The Hall–Kier alpha value is -2.80. The van der Waals surface area contributed by atoms with E-state index in [1.54, 1.807) is 11.8 Å². The van der Waals surface area contributed by atoms with Crippen LogP contribution in [0.2, 0.25) is 0 Å². The fourth-order valence-corrected chi connectivity index (χ4v) is 4.74. The molecule has 3 rings (SSSR count). The maximum absolute atomic E-state index is 12.6. The second-order valence-corrected chi connectivity index (χ2v) is 9.48. The standard InChI is InChI=1S/C26H32N2O4S/c1-32-25(31)22(14-17-33-2)27-23(29)12-15-26(16-13-24(30)28-26)18-19-8-10-21(11-9-19)20-6-4-3-5-7-20/h3-11,22H,12-18H2,1-2H3,(H,27,29)(H,28,30)/t22-,26-/m1/s1. The maximum Gasteiger partial charge on any atom is 0.328 e. The topological polar surface area (TPSA) is 84.5 Å². The van der Waals surface area contributed by atoms with Crippen LogP contribution in [-0.4, -0.2) is 48.5 Å². The molecule has 1 fully saturated rings. The van der Waals surface area contributed by atoms with Crippen LogP contribution in [0.15, 0.2) is 54.6 Å². The summed E-state index contributed by atoms with van der Waals surface area (Å²) in [5.74, 6) is 0.133. The zero-order valence-electron chi connectivity index (χ0n) is 19.3. The Morgan fingerprint density at radius 2 is 1.82 bits per heavy atom. The van der Waals surface area contributed by atoms with Crippen LogP contribution in [0.3, 0.4) is 0 Å². The Kier molecular flexibility index (Phi) is 8.95. The van der Waals surface area contributed by atoms with E-state index in [1.165, 1.54) is 7.11 Å². The van der Waals surface area contributed by atoms with Crippen molar-refractivity contribution in [1.29, 1.82) is 0 Å². The third-order valence-electron chi connectivity index (χ3n) is 6.10. The van der Waals surface area contributed by atoms with E-state index in [2.05, 4.69) is 47.0 Å². The van der Waals surface area contributed by atoms with Crippen LogP contribution in [0.1, 0.15) is 37.7 Å². The molecule has 2 aromatic rings. The number of benzene rings is 2. The van der Waals surface area contributed by atoms with Crippen molar-refractivity contribution in [3.63, 3.8) is 0 Å². The van der Waals surface area contributed by atoms with E-state index in [4.69, 9.17) is 4.74 Å². The van der Waals surface area contributed by atoms with Crippen molar-refractivity contribution in [2.45, 2.75) is 50.1 Å². The lowest BCUT2D eigenvalue weighted by Gasteiger charge is -2.29. The molecule has 0 radical (unpaired) electrons. The van der Waals surface area contributed by atoms with E-state index in [0.717, 1.165) is 22.4 Å². The molecule has 0 bridgehead atoms. The number of ether oxygens (including phenoxy) is 1. The maximum atomic E-state index is 12.6. The molecular formula is C26H32N2O4S. The van der Waals surface area contributed by atoms with Gasteiger partial charge < -0.3 is 15.4 Å². The van der Waals surface area contributed by atoms with Crippen LogP contribution >= 0.6 is 11.8 Å². The SMILES string of the molecule is COC(=O)[C@@H](CCSC)NC(=O)CC[C@]1(Cc2ccc(-c3ccccc3)cc2)CCC(=O)N1. The van der Waals surface area contributed by atoms with Crippen LogP contribution in [0.4, 0.5) is 0 Å². The Morgan fingerprint density at radius 3 is 2.42 bits per heavy atom. The lowest BCUT2D eigenvalue weighted by Crippen LogP contribution is -2.46. The molecule has 7 heteroatoms. The number of thioether (sulfide) groups is 1. The van der Waals surface area contributed by atoms with Crippen molar-refractivity contribution in [3.05, 3.63) is 60.2 Å². The van der Waals surface area contributed by atoms with E-state index >= 15 is 0 Å². The third kappa shape index (κ3) is 7.09. The monoisotopic (exact) mass is 468 g/mol. The molecule has 176 valence electrons. The van der Waals surface area contributed by atoms with Crippen LogP contribution in [-0.2, 0) is 25.5 Å².